The molecule has 1 aromatic rings. The fourth-order valence-electron chi connectivity index (χ4n) is 1.09. The molecule has 0 aliphatic rings. The van der Waals surface area contributed by atoms with Crippen molar-refractivity contribution in [2.75, 3.05) is 18.5 Å². The number of rotatable bonds is 4. The summed E-state index contributed by atoms with van der Waals surface area (Å²) in [5.74, 6) is -0.00977. The van der Waals surface area contributed by atoms with E-state index in [-0.39, 0.29) is 5.82 Å². The van der Waals surface area contributed by atoms with Crippen LogP contribution in [0.25, 0.3) is 0 Å². The van der Waals surface area contributed by atoms with Crippen LogP contribution in [0.3, 0.4) is 0 Å². The van der Waals surface area contributed by atoms with Crippen molar-refractivity contribution in [3.05, 3.63) is 24.0 Å². The van der Waals surface area contributed by atoms with Gasteiger partial charge in [-0.2, -0.15) is 0 Å². The van der Waals surface area contributed by atoms with Gasteiger partial charge in [-0.3, -0.25) is 0 Å². The van der Waals surface area contributed by atoms with Gasteiger partial charge in [0.05, 0.1) is 6.61 Å². The number of halogens is 1. The quantitative estimate of drug-likeness (QED) is 0.774. The third-order valence-electron chi connectivity index (χ3n) is 1.61. The number of nitrogens with one attached hydrogen (secondary N) is 1. The second-order valence-electron chi connectivity index (χ2n) is 2.61. The molecule has 0 saturated carbocycles. The molecule has 0 saturated heterocycles. The predicted octanol–water partition coefficient (Wildman–Crippen LogP) is 2.66. The lowest BCUT2D eigenvalue weighted by atomic mass is 10.3. The number of anilines is 1. The summed E-state index contributed by atoms with van der Waals surface area (Å²) < 4.78 is 18.3. The standard InChI is InChI=1S/C10H14FNO/c1-3-12-8-5-6-10(13-4-2)9(11)7-8/h5-7,12H,3-4H2,1-2H3. The molecule has 0 heterocycles. The van der Waals surface area contributed by atoms with Crippen molar-refractivity contribution < 1.29 is 9.13 Å². The van der Waals surface area contributed by atoms with E-state index >= 15 is 0 Å². The van der Waals surface area contributed by atoms with Crippen LogP contribution in [0.5, 0.6) is 5.75 Å². The summed E-state index contributed by atoms with van der Waals surface area (Å²) in [4.78, 5) is 0. The van der Waals surface area contributed by atoms with Gasteiger partial charge < -0.3 is 10.1 Å². The maximum absolute atomic E-state index is 13.2. The van der Waals surface area contributed by atoms with Crippen LogP contribution in [0.15, 0.2) is 18.2 Å². The van der Waals surface area contributed by atoms with Crippen molar-refractivity contribution in [1.82, 2.24) is 0 Å². The van der Waals surface area contributed by atoms with Gasteiger partial charge in [-0.05, 0) is 26.0 Å². The third kappa shape index (κ3) is 2.61. The second-order valence-corrected chi connectivity index (χ2v) is 2.61. The molecule has 0 aliphatic carbocycles. The molecule has 1 N–H and O–H groups in total. The summed E-state index contributed by atoms with van der Waals surface area (Å²) in [5, 5.41) is 3.02. The number of hydrogen-bond donors (Lipinski definition) is 1. The average Bonchev–Trinajstić information content (AvgIpc) is 2.10. The maximum Gasteiger partial charge on any atom is 0.167 e. The van der Waals surface area contributed by atoms with E-state index in [2.05, 4.69) is 5.32 Å². The van der Waals surface area contributed by atoms with E-state index in [1.807, 2.05) is 13.8 Å². The Morgan fingerprint density at radius 2 is 2.15 bits per heavy atom. The Morgan fingerprint density at radius 1 is 1.38 bits per heavy atom. The van der Waals surface area contributed by atoms with E-state index in [9.17, 15) is 4.39 Å². The molecule has 0 spiro atoms. The topological polar surface area (TPSA) is 21.3 Å². The van der Waals surface area contributed by atoms with Crippen molar-refractivity contribution in [1.29, 1.82) is 0 Å². The van der Waals surface area contributed by atoms with Crippen LogP contribution >= 0.6 is 0 Å². The largest absolute Gasteiger partial charge is 0.491 e. The first-order chi connectivity index (χ1) is 6.27. The van der Waals surface area contributed by atoms with Crippen LogP contribution in [-0.4, -0.2) is 13.2 Å². The Morgan fingerprint density at radius 3 is 2.69 bits per heavy atom. The van der Waals surface area contributed by atoms with E-state index in [0.717, 1.165) is 12.2 Å². The SMILES string of the molecule is CCNc1ccc(OCC)c(F)c1. The minimum atomic E-state index is -0.319. The summed E-state index contributed by atoms with van der Waals surface area (Å²) in [6.07, 6.45) is 0. The van der Waals surface area contributed by atoms with Gasteiger partial charge in [0.2, 0.25) is 0 Å². The third-order valence-corrected chi connectivity index (χ3v) is 1.61. The van der Waals surface area contributed by atoms with Gasteiger partial charge in [0.1, 0.15) is 0 Å². The van der Waals surface area contributed by atoms with Crippen molar-refractivity contribution in [3.63, 3.8) is 0 Å². The summed E-state index contributed by atoms with van der Waals surface area (Å²) in [6.45, 7) is 5.07. The van der Waals surface area contributed by atoms with Crippen LogP contribution in [0.2, 0.25) is 0 Å². The van der Waals surface area contributed by atoms with Crippen molar-refractivity contribution in [3.8, 4) is 5.75 Å². The molecule has 1 rings (SSSR count). The van der Waals surface area contributed by atoms with Crippen molar-refractivity contribution in [2.45, 2.75) is 13.8 Å². The van der Waals surface area contributed by atoms with E-state index in [0.29, 0.717) is 12.4 Å². The molecule has 0 bridgehead atoms. The van der Waals surface area contributed by atoms with Crippen LogP contribution in [-0.2, 0) is 0 Å². The molecular weight excluding hydrogens is 169 g/mol. The van der Waals surface area contributed by atoms with Crippen LogP contribution in [0, 0.1) is 5.82 Å². The molecule has 0 aliphatic heterocycles. The summed E-state index contributed by atoms with van der Waals surface area (Å²) in [5.41, 5.74) is 0.781. The molecule has 0 fully saturated rings. The van der Waals surface area contributed by atoms with Crippen molar-refractivity contribution >= 4 is 5.69 Å². The molecule has 3 heteroatoms. The Hall–Kier alpha value is -1.25. The highest BCUT2D eigenvalue weighted by atomic mass is 19.1. The lowest BCUT2D eigenvalue weighted by molar-refractivity contribution is 0.321. The number of ether oxygens (including phenoxy) is 1. The molecule has 2 nitrogen and oxygen atoms in total. The maximum atomic E-state index is 13.2. The zero-order valence-corrected chi connectivity index (χ0v) is 7.93. The van der Waals surface area contributed by atoms with E-state index in [1.165, 1.54) is 6.07 Å². The zero-order chi connectivity index (χ0) is 9.68. The first-order valence-corrected chi connectivity index (χ1v) is 4.44. The van der Waals surface area contributed by atoms with Gasteiger partial charge in [-0.25, -0.2) is 4.39 Å². The van der Waals surface area contributed by atoms with Crippen LogP contribution in [0.1, 0.15) is 13.8 Å². The fraction of sp³-hybridized carbons (Fsp3) is 0.400. The van der Waals surface area contributed by atoms with Gasteiger partial charge in [-0.1, -0.05) is 0 Å². The van der Waals surface area contributed by atoms with Crippen molar-refractivity contribution in [2.24, 2.45) is 0 Å². The van der Waals surface area contributed by atoms with Gasteiger partial charge in [0.15, 0.2) is 11.6 Å². The van der Waals surface area contributed by atoms with Gasteiger partial charge in [0.25, 0.3) is 0 Å². The smallest absolute Gasteiger partial charge is 0.167 e. The zero-order valence-electron chi connectivity index (χ0n) is 7.93. The molecule has 13 heavy (non-hydrogen) atoms. The Kier molecular flexibility index (Phi) is 3.55. The molecule has 0 atom stereocenters. The van der Waals surface area contributed by atoms with Crippen LogP contribution in [0.4, 0.5) is 10.1 Å². The molecule has 1 aromatic carbocycles. The molecule has 0 unspecified atom stereocenters. The number of hydrogen-bond acceptors (Lipinski definition) is 2. The first-order valence-electron chi connectivity index (χ1n) is 4.44. The summed E-state index contributed by atoms with van der Waals surface area (Å²) >= 11 is 0. The van der Waals surface area contributed by atoms with E-state index in [1.54, 1.807) is 12.1 Å². The molecule has 72 valence electrons. The monoisotopic (exact) mass is 183 g/mol. The van der Waals surface area contributed by atoms with Crippen LogP contribution < -0.4 is 10.1 Å². The minimum Gasteiger partial charge on any atom is -0.491 e. The highest BCUT2D eigenvalue weighted by Crippen LogP contribution is 2.20. The second kappa shape index (κ2) is 4.70. The molecule has 0 aromatic heterocycles. The minimum absolute atomic E-state index is 0.309. The lowest BCUT2D eigenvalue weighted by Crippen LogP contribution is -1.99. The van der Waals surface area contributed by atoms with E-state index < -0.39 is 0 Å². The highest BCUT2D eigenvalue weighted by molar-refractivity contribution is 5.47. The Bertz CT molecular complexity index is 276. The van der Waals surface area contributed by atoms with Gasteiger partial charge >= 0.3 is 0 Å². The summed E-state index contributed by atoms with van der Waals surface area (Å²) in [6, 6.07) is 4.88. The fourth-order valence-corrected chi connectivity index (χ4v) is 1.09. The highest BCUT2D eigenvalue weighted by Gasteiger charge is 2.02. The first kappa shape index (κ1) is 9.84. The van der Waals surface area contributed by atoms with Gasteiger partial charge in [0, 0.05) is 18.3 Å². The summed E-state index contributed by atoms with van der Waals surface area (Å²) in [7, 11) is 0. The molecule has 0 radical (unpaired) electrons. The Labute approximate surface area is 77.7 Å². The normalized spacial score (nSPS) is 9.77. The average molecular weight is 183 g/mol. The van der Waals surface area contributed by atoms with E-state index in [4.69, 9.17) is 4.74 Å². The molecule has 0 amide bonds. The van der Waals surface area contributed by atoms with Gasteiger partial charge in [-0.15, -0.1) is 0 Å². The molecular formula is C10H14FNO. The predicted molar refractivity (Wildman–Crippen MR) is 51.7 cm³/mol. The Balaban J connectivity index is 2.79. The lowest BCUT2D eigenvalue weighted by Gasteiger charge is -2.07. The number of benzene rings is 1.